The molecule has 20 heavy (non-hydrogen) atoms. The van der Waals surface area contributed by atoms with Gasteiger partial charge in [-0.25, -0.2) is 0 Å². The number of nitrogens with zero attached hydrogens (tertiary/aromatic N) is 1. The molecule has 2 heterocycles. The maximum absolute atomic E-state index is 12.8. The Morgan fingerprint density at radius 2 is 2.30 bits per heavy atom. The Labute approximate surface area is 126 Å². The summed E-state index contributed by atoms with van der Waals surface area (Å²) in [5.41, 5.74) is 6.00. The minimum Gasteiger partial charge on any atom is -0.335 e. The molecule has 2 N–H and O–H groups in total. The first kappa shape index (κ1) is 15.5. The molecule has 1 aromatic heterocycles. The molecule has 2 rings (SSSR count). The second-order valence-corrected chi connectivity index (χ2v) is 7.88. The summed E-state index contributed by atoms with van der Waals surface area (Å²) in [6.45, 7) is 7.84. The topological polar surface area (TPSA) is 46.3 Å². The molecule has 0 spiro atoms. The predicted octanol–water partition coefficient (Wildman–Crippen LogP) is 3.42. The number of carbonyl (C=O) groups excluding carboxylic acids is 1. The zero-order chi connectivity index (χ0) is 14.8. The van der Waals surface area contributed by atoms with Crippen LogP contribution < -0.4 is 5.73 Å². The summed E-state index contributed by atoms with van der Waals surface area (Å²) >= 11 is 1.75. The molecule has 2 unspecified atom stereocenters. The second-order valence-electron chi connectivity index (χ2n) is 6.90. The SMILES string of the molecule is CC(C)(C)CC(CN)C(=O)N1CCCC1c1cccs1. The lowest BCUT2D eigenvalue weighted by molar-refractivity contribution is -0.137. The monoisotopic (exact) mass is 294 g/mol. The van der Waals surface area contributed by atoms with Gasteiger partial charge in [0.25, 0.3) is 0 Å². The molecular formula is C16H26N2OS. The lowest BCUT2D eigenvalue weighted by atomic mass is 9.84. The van der Waals surface area contributed by atoms with Crippen molar-refractivity contribution < 1.29 is 4.79 Å². The first-order chi connectivity index (χ1) is 9.42. The average molecular weight is 294 g/mol. The van der Waals surface area contributed by atoms with Crippen molar-refractivity contribution in [2.45, 2.75) is 46.1 Å². The van der Waals surface area contributed by atoms with Gasteiger partial charge in [0.05, 0.1) is 12.0 Å². The maximum atomic E-state index is 12.8. The summed E-state index contributed by atoms with van der Waals surface area (Å²) in [5.74, 6) is 0.203. The summed E-state index contributed by atoms with van der Waals surface area (Å²) in [5, 5.41) is 2.09. The van der Waals surface area contributed by atoms with Gasteiger partial charge in [0.15, 0.2) is 0 Å². The van der Waals surface area contributed by atoms with Crippen molar-refractivity contribution in [1.29, 1.82) is 0 Å². The summed E-state index contributed by atoms with van der Waals surface area (Å²) in [6, 6.07) is 4.48. The van der Waals surface area contributed by atoms with Gasteiger partial charge in [-0.15, -0.1) is 11.3 Å². The van der Waals surface area contributed by atoms with Gasteiger partial charge in [0, 0.05) is 18.0 Å². The van der Waals surface area contributed by atoms with Crippen molar-refractivity contribution in [3.05, 3.63) is 22.4 Å². The molecule has 4 heteroatoms. The molecular weight excluding hydrogens is 268 g/mol. The van der Waals surface area contributed by atoms with Crippen LogP contribution in [-0.4, -0.2) is 23.9 Å². The Morgan fingerprint density at radius 1 is 1.55 bits per heavy atom. The van der Waals surface area contributed by atoms with Gasteiger partial charge in [-0.2, -0.15) is 0 Å². The lowest BCUT2D eigenvalue weighted by Gasteiger charge is -2.31. The lowest BCUT2D eigenvalue weighted by Crippen LogP contribution is -2.40. The summed E-state index contributed by atoms with van der Waals surface area (Å²) < 4.78 is 0. The Kier molecular flexibility index (Phi) is 4.86. The smallest absolute Gasteiger partial charge is 0.227 e. The van der Waals surface area contributed by atoms with Crippen LogP contribution >= 0.6 is 11.3 Å². The highest BCUT2D eigenvalue weighted by Gasteiger charge is 2.35. The molecule has 1 amide bonds. The van der Waals surface area contributed by atoms with Crippen LogP contribution in [0.25, 0.3) is 0 Å². The minimum absolute atomic E-state index is 0.0458. The minimum atomic E-state index is -0.0458. The number of hydrogen-bond donors (Lipinski definition) is 1. The normalized spacial score (nSPS) is 21.2. The van der Waals surface area contributed by atoms with E-state index in [0.717, 1.165) is 25.8 Å². The highest BCUT2D eigenvalue weighted by molar-refractivity contribution is 7.10. The number of hydrogen-bond acceptors (Lipinski definition) is 3. The third kappa shape index (κ3) is 3.61. The Bertz CT molecular complexity index is 436. The quantitative estimate of drug-likeness (QED) is 0.925. The van der Waals surface area contributed by atoms with Crippen molar-refractivity contribution in [1.82, 2.24) is 4.90 Å². The van der Waals surface area contributed by atoms with Gasteiger partial charge in [0.2, 0.25) is 5.91 Å². The fourth-order valence-corrected chi connectivity index (χ4v) is 3.93. The Balaban J connectivity index is 2.10. The molecule has 0 aromatic carbocycles. The average Bonchev–Trinajstić information content (AvgIpc) is 3.03. The van der Waals surface area contributed by atoms with E-state index in [2.05, 4.69) is 43.2 Å². The van der Waals surface area contributed by atoms with E-state index in [1.807, 2.05) is 0 Å². The molecule has 0 bridgehead atoms. The second kappa shape index (κ2) is 6.27. The van der Waals surface area contributed by atoms with E-state index in [9.17, 15) is 4.79 Å². The standard InChI is InChI=1S/C16H26N2OS/c1-16(2,3)10-12(11-17)15(19)18-8-4-6-13(18)14-7-5-9-20-14/h5,7,9,12-13H,4,6,8,10-11,17H2,1-3H3. The van der Waals surface area contributed by atoms with E-state index in [1.165, 1.54) is 4.88 Å². The predicted molar refractivity (Wildman–Crippen MR) is 84.6 cm³/mol. The van der Waals surface area contributed by atoms with Crippen LogP contribution in [0.15, 0.2) is 17.5 Å². The van der Waals surface area contributed by atoms with Crippen LogP contribution in [0.1, 0.15) is 51.0 Å². The first-order valence-electron chi connectivity index (χ1n) is 7.46. The van der Waals surface area contributed by atoms with Crippen molar-refractivity contribution in [2.75, 3.05) is 13.1 Å². The number of rotatable bonds is 4. The summed E-state index contributed by atoms with van der Waals surface area (Å²) in [7, 11) is 0. The van der Waals surface area contributed by atoms with E-state index < -0.39 is 0 Å². The van der Waals surface area contributed by atoms with Gasteiger partial charge >= 0.3 is 0 Å². The zero-order valence-corrected chi connectivity index (χ0v) is 13.6. The number of nitrogens with two attached hydrogens (primary N) is 1. The van der Waals surface area contributed by atoms with Gasteiger partial charge in [-0.05, 0) is 36.1 Å². The van der Waals surface area contributed by atoms with E-state index in [4.69, 9.17) is 5.73 Å². The number of likely N-dealkylation sites (tertiary alicyclic amines) is 1. The van der Waals surface area contributed by atoms with Crippen molar-refractivity contribution in [3.8, 4) is 0 Å². The molecule has 2 atom stereocenters. The molecule has 0 saturated carbocycles. The van der Waals surface area contributed by atoms with Crippen molar-refractivity contribution in [3.63, 3.8) is 0 Å². The fraction of sp³-hybridized carbons (Fsp3) is 0.688. The van der Waals surface area contributed by atoms with Crippen LogP contribution in [0.4, 0.5) is 0 Å². The van der Waals surface area contributed by atoms with Gasteiger partial charge in [-0.1, -0.05) is 26.8 Å². The fourth-order valence-electron chi connectivity index (χ4n) is 3.05. The molecule has 1 aliphatic heterocycles. The third-order valence-electron chi connectivity index (χ3n) is 3.90. The highest BCUT2D eigenvalue weighted by Crippen LogP contribution is 2.36. The molecule has 3 nitrogen and oxygen atoms in total. The number of amides is 1. The summed E-state index contributed by atoms with van der Waals surface area (Å²) in [4.78, 5) is 16.2. The van der Waals surface area contributed by atoms with Gasteiger partial charge in [-0.3, -0.25) is 4.79 Å². The van der Waals surface area contributed by atoms with Crippen LogP contribution in [0.5, 0.6) is 0 Å². The zero-order valence-electron chi connectivity index (χ0n) is 12.8. The molecule has 1 aliphatic rings. The van der Waals surface area contributed by atoms with E-state index >= 15 is 0 Å². The van der Waals surface area contributed by atoms with E-state index in [1.54, 1.807) is 11.3 Å². The van der Waals surface area contributed by atoms with E-state index in [-0.39, 0.29) is 23.3 Å². The summed E-state index contributed by atoms with van der Waals surface area (Å²) in [6.07, 6.45) is 3.04. The Morgan fingerprint density at radius 3 is 2.85 bits per heavy atom. The molecule has 1 saturated heterocycles. The number of thiophene rings is 1. The van der Waals surface area contributed by atoms with Crippen molar-refractivity contribution in [2.24, 2.45) is 17.1 Å². The molecule has 112 valence electrons. The van der Waals surface area contributed by atoms with Crippen LogP contribution in [0.2, 0.25) is 0 Å². The van der Waals surface area contributed by atoms with Crippen molar-refractivity contribution >= 4 is 17.2 Å². The number of carbonyl (C=O) groups is 1. The van der Waals surface area contributed by atoms with Crippen LogP contribution in [0.3, 0.4) is 0 Å². The molecule has 0 radical (unpaired) electrons. The van der Waals surface area contributed by atoms with Gasteiger partial charge in [0.1, 0.15) is 0 Å². The maximum Gasteiger partial charge on any atom is 0.227 e. The van der Waals surface area contributed by atoms with Crippen LogP contribution in [0, 0.1) is 11.3 Å². The molecule has 1 aromatic rings. The van der Waals surface area contributed by atoms with Gasteiger partial charge < -0.3 is 10.6 Å². The van der Waals surface area contributed by atoms with E-state index in [0.29, 0.717) is 6.54 Å². The first-order valence-corrected chi connectivity index (χ1v) is 8.34. The molecule has 1 fully saturated rings. The van der Waals surface area contributed by atoms with Crippen LogP contribution in [-0.2, 0) is 4.79 Å². The third-order valence-corrected chi connectivity index (χ3v) is 4.87. The largest absolute Gasteiger partial charge is 0.335 e. The Hall–Kier alpha value is -0.870. The molecule has 0 aliphatic carbocycles. The highest BCUT2D eigenvalue weighted by atomic mass is 32.1.